The van der Waals surface area contributed by atoms with E-state index < -0.39 is 4.92 Å². The van der Waals surface area contributed by atoms with E-state index in [2.05, 4.69) is 5.32 Å². The molecule has 114 valence electrons. The number of nitrogens with zero attached hydrogens (tertiary/aromatic N) is 1. The largest absolute Gasteiger partial charge is 0.508 e. The molecule has 2 rings (SSSR count). The van der Waals surface area contributed by atoms with Gasteiger partial charge >= 0.3 is 0 Å². The number of phenolic OH excluding ortho intramolecular Hbond substituents is 1. The van der Waals surface area contributed by atoms with E-state index in [1.807, 2.05) is 0 Å². The van der Waals surface area contributed by atoms with Crippen LogP contribution in [0.25, 0.3) is 0 Å². The number of nitro groups is 1. The van der Waals surface area contributed by atoms with Gasteiger partial charge in [-0.25, -0.2) is 0 Å². The van der Waals surface area contributed by atoms with E-state index in [1.165, 1.54) is 42.1 Å². The molecule has 22 heavy (non-hydrogen) atoms. The fraction of sp³-hybridized carbons (Fsp3) is 0.0714. The summed E-state index contributed by atoms with van der Waals surface area (Å²) in [5.41, 5.74) is 0.0538. The normalized spacial score (nSPS) is 10.2. The summed E-state index contributed by atoms with van der Waals surface area (Å²) in [4.78, 5) is 22.8. The highest BCUT2D eigenvalue weighted by atomic mass is 35.5. The maximum atomic E-state index is 11.9. The first-order valence-corrected chi connectivity index (χ1v) is 7.47. The molecule has 0 aliphatic rings. The summed E-state index contributed by atoms with van der Waals surface area (Å²) >= 11 is 7.18. The minimum atomic E-state index is -0.558. The summed E-state index contributed by atoms with van der Waals surface area (Å²) in [5.74, 6) is -0.0679. The Morgan fingerprint density at radius 3 is 2.59 bits per heavy atom. The molecule has 0 aliphatic heterocycles. The van der Waals surface area contributed by atoms with Crippen molar-refractivity contribution in [3.8, 4) is 5.75 Å². The molecule has 6 nitrogen and oxygen atoms in total. The Hall–Kier alpha value is -2.25. The third-order valence-corrected chi connectivity index (χ3v) is 3.98. The molecule has 2 aromatic carbocycles. The molecule has 1 amide bonds. The zero-order chi connectivity index (χ0) is 16.1. The number of thioether (sulfide) groups is 1. The van der Waals surface area contributed by atoms with Crippen LogP contribution in [0.2, 0.25) is 5.02 Å². The Balaban J connectivity index is 1.98. The molecule has 8 heteroatoms. The number of carbonyl (C=O) groups excluding carboxylic acids is 1. The first-order valence-electron chi connectivity index (χ1n) is 6.11. The third kappa shape index (κ3) is 4.37. The van der Waals surface area contributed by atoms with E-state index in [9.17, 15) is 20.0 Å². The molecule has 0 bridgehead atoms. The van der Waals surface area contributed by atoms with E-state index in [4.69, 9.17) is 11.6 Å². The molecule has 2 aromatic rings. The van der Waals surface area contributed by atoms with Crippen molar-refractivity contribution >= 4 is 40.6 Å². The van der Waals surface area contributed by atoms with Gasteiger partial charge in [0.25, 0.3) is 5.69 Å². The molecule has 0 unspecified atom stereocenters. The van der Waals surface area contributed by atoms with Crippen molar-refractivity contribution in [2.75, 3.05) is 11.1 Å². The Bertz CT molecular complexity index is 706. The second-order valence-corrected chi connectivity index (χ2v) is 5.71. The second-order valence-electron chi connectivity index (χ2n) is 4.25. The summed E-state index contributed by atoms with van der Waals surface area (Å²) in [6.07, 6.45) is 0. The molecule has 0 heterocycles. The summed E-state index contributed by atoms with van der Waals surface area (Å²) in [6.45, 7) is 0. The van der Waals surface area contributed by atoms with Gasteiger partial charge in [0.2, 0.25) is 5.91 Å². The number of nitrogens with one attached hydrogen (secondary N) is 1. The number of hydrogen-bond donors (Lipinski definition) is 2. The quantitative estimate of drug-likeness (QED) is 0.493. The maximum Gasteiger partial charge on any atom is 0.271 e. The van der Waals surface area contributed by atoms with Gasteiger partial charge in [-0.15, -0.1) is 11.8 Å². The fourth-order valence-corrected chi connectivity index (χ4v) is 2.46. The average molecular weight is 339 g/mol. The Labute approximate surface area is 135 Å². The van der Waals surface area contributed by atoms with Crippen molar-refractivity contribution in [1.82, 2.24) is 0 Å². The standard InChI is InChI=1S/C14H11ClN2O4S/c15-12-6-1-9(17(20)21)7-13(12)16-14(19)8-22-11-4-2-10(18)3-5-11/h1-7,18H,8H2,(H,16,19). The van der Waals surface area contributed by atoms with Crippen molar-refractivity contribution in [2.24, 2.45) is 0 Å². The first kappa shape index (κ1) is 16.1. The smallest absolute Gasteiger partial charge is 0.271 e. The lowest BCUT2D eigenvalue weighted by Gasteiger charge is -2.07. The second kappa shape index (κ2) is 7.15. The number of benzene rings is 2. The summed E-state index contributed by atoms with van der Waals surface area (Å²) in [7, 11) is 0. The average Bonchev–Trinajstić information content (AvgIpc) is 2.48. The van der Waals surface area contributed by atoms with Crippen molar-refractivity contribution in [1.29, 1.82) is 0 Å². The van der Waals surface area contributed by atoms with Crippen LogP contribution >= 0.6 is 23.4 Å². The number of hydrogen-bond acceptors (Lipinski definition) is 5. The van der Waals surface area contributed by atoms with Crippen LogP contribution < -0.4 is 5.32 Å². The third-order valence-electron chi connectivity index (χ3n) is 2.64. The lowest BCUT2D eigenvalue weighted by molar-refractivity contribution is -0.384. The molecule has 0 radical (unpaired) electrons. The summed E-state index contributed by atoms with van der Waals surface area (Å²) in [5, 5.41) is 22.7. The number of aromatic hydroxyl groups is 1. The van der Waals surface area contributed by atoms with Gasteiger partial charge in [0.1, 0.15) is 5.75 Å². The highest BCUT2D eigenvalue weighted by molar-refractivity contribution is 8.00. The van der Waals surface area contributed by atoms with Gasteiger partial charge in [-0.3, -0.25) is 14.9 Å². The zero-order valence-electron chi connectivity index (χ0n) is 11.2. The van der Waals surface area contributed by atoms with E-state index in [0.717, 1.165) is 4.90 Å². The van der Waals surface area contributed by atoms with Crippen molar-refractivity contribution < 1.29 is 14.8 Å². The predicted octanol–water partition coefficient (Wildman–Crippen LogP) is 3.68. The van der Waals surface area contributed by atoms with Crippen LogP contribution in [0.5, 0.6) is 5.75 Å². The molecular formula is C14H11ClN2O4S. The lowest BCUT2D eigenvalue weighted by atomic mass is 10.3. The molecule has 0 saturated carbocycles. The molecule has 0 aliphatic carbocycles. The minimum Gasteiger partial charge on any atom is -0.508 e. The van der Waals surface area contributed by atoms with E-state index in [0.29, 0.717) is 0 Å². The molecule has 0 saturated heterocycles. The van der Waals surface area contributed by atoms with Gasteiger partial charge in [-0.05, 0) is 30.3 Å². The monoisotopic (exact) mass is 338 g/mol. The number of phenols is 1. The van der Waals surface area contributed by atoms with Gasteiger partial charge in [0, 0.05) is 17.0 Å². The van der Waals surface area contributed by atoms with Gasteiger partial charge < -0.3 is 10.4 Å². The van der Waals surface area contributed by atoms with E-state index in [-0.39, 0.29) is 33.8 Å². The molecular weight excluding hydrogens is 328 g/mol. The van der Waals surface area contributed by atoms with Gasteiger partial charge in [-0.2, -0.15) is 0 Å². The maximum absolute atomic E-state index is 11.9. The SMILES string of the molecule is O=C(CSc1ccc(O)cc1)Nc1cc([N+](=O)[O-])ccc1Cl. The minimum absolute atomic E-state index is 0.115. The Kier molecular flexibility index (Phi) is 5.24. The van der Waals surface area contributed by atoms with Crippen LogP contribution in [-0.2, 0) is 4.79 Å². The summed E-state index contributed by atoms with van der Waals surface area (Å²) in [6, 6.07) is 10.3. The number of anilines is 1. The Morgan fingerprint density at radius 1 is 1.27 bits per heavy atom. The first-order chi connectivity index (χ1) is 10.5. The number of non-ortho nitro benzene ring substituents is 1. The van der Waals surface area contributed by atoms with Gasteiger partial charge in [0.05, 0.1) is 21.4 Å². The number of nitro benzene ring substituents is 1. The van der Waals surface area contributed by atoms with Crippen LogP contribution in [0.3, 0.4) is 0 Å². The fourth-order valence-electron chi connectivity index (χ4n) is 1.60. The van der Waals surface area contributed by atoms with Crippen molar-refractivity contribution in [3.05, 3.63) is 57.6 Å². The number of halogens is 1. The highest BCUT2D eigenvalue weighted by Crippen LogP contribution is 2.27. The number of rotatable bonds is 5. The highest BCUT2D eigenvalue weighted by Gasteiger charge is 2.12. The molecule has 2 N–H and O–H groups in total. The van der Waals surface area contributed by atoms with Gasteiger partial charge in [0.15, 0.2) is 0 Å². The van der Waals surface area contributed by atoms with Crippen LogP contribution in [-0.4, -0.2) is 21.7 Å². The number of amides is 1. The van der Waals surface area contributed by atoms with Crippen LogP contribution in [0.1, 0.15) is 0 Å². The van der Waals surface area contributed by atoms with Crippen molar-refractivity contribution in [2.45, 2.75) is 4.90 Å². The van der Waals surface area contributed by atoms with Crippen molar-refractivity contribution in [3.63, 3.8) is 0 Å². The van der Waals surface area contributed by atoms with E-state index >= 15 is 0 Å². The molecule has 0 spiro atoms. The lowest BCUT2D eigenvalue weighted by Crippen LogP contribution is -2.14. The molecule has 0 aromatic heterocycles. The molecule has 0 atom stereocenters. The topological polar surface area (TPSA) is 92.5 Å². The zero-order valence-corrected chi connectivity index (χ0v) is 12.7. The van der Waals surface area contributed by atoms with Crippen LogP contribution in [0.4, 0.5) is 11.4 Å². The van der Waals surface area contributed by atoms with Gasteiger partial charge in [-0.1, -0.05) is 11.6 Å². The molecule has 0 fully saturated rings. The number of carbonyl (C=O) groups is 1. The summed E-state index contributed by atoms with van der Waals surface area (Å²) < 4.78 is 0. The van der Waals surface area contributed by atoms with Crippen LogP contribution in [0.15, 0.2) is 47.4 Å². The Morgan fingerprint density at radius 2 is 1.95 bits per heavy atom. The predicted molar refractivity (Wildman–Crippen MR) is 85.6 cm³/mol. The van der Waals surface area contributed by atoms with E-state index in [1.54, 1.807) is 12.1 Å². The van der Waals surface area contributed by atoms with Crippen LogP contribution in [0, 0.1) is 10.1 Å².